The molecule has 2 aliphatic rings. The number of aromatic nitrogens is 1. The number of methoxy groups -OCH3 is 1. The Hall–Kier alpha value is -1.91. The molecule has 2 fully saturated rings. The van der Waals surface area contributed by atoms with Gasteiger partial charge in [0.15, 0.2) is 0 Å². The number of nitrogens with zero attached hydrogens (tertiary/aromatic N) is 2. The monoisotopic (exact) mass is 338 g/mol. The number of piperidine rings is 1. The first kappa shape index (κ1) is 16.6. The number of pyridine rings is 1. The van der Waals surface area contributed by atoms with E-state index in [0.29, 0.717) is 18.0 Å². The van der Waals surface area contributed by atoms with Crippen LogP contribution in [0.4, 0.5) is 0 Å². The van der Waals surface area contributed by atoms with Gasteiger partial charge in [-0.25, -0.2) is 4.98 Å². The van der Waals surface area contributed by atoms with Crippen LogP contribution in [0.3, 0.4) is 0 Å². The average molecular weight is 338 g/mol. The van der Waals surface area contributed by atoms with E-state index in [4.69, 9.17) is 4.74 Å². The molecule has 0 amide bonds. The molecular weight excluding hydrogens is 312 g/mol. The summed E-state index contributed by atoms with van der Waals surface area (Å²) in [6.07, 6.45) is 5.69. The number of aliphatic hydroxyl groups is 1. The summed E-state index contributed by atoms with van der Waals surface area (Å²) in [5, 5.41) is 11.4. The summed E-state index contributed by atoms with van der Waals surface area (Å²) in [5.74, 6) is 0.636. The smallest absolute Gasteiger partial charge is 0.215 e. The van der Waals surface area contributed by atoms with Crippen molar-refractivity contribution in [1.29, 1.82) is 0 Å². The molecule has 1 aromatic heterocycles. The third kappa shape index (κ3) is 3.05. The summed E-state index contributed by atoms with van der Waals surface area (Å²) in [6, 6.07) is 13.6. The number of hydrogen-bond donors (Lipinski definition) is 1. The maximum absolute atomic E-state index is 11.4. The van der Waals surface area contributed by atoms with Crippen LogP contribution >= 0.6 is 0 Å². The predicted octanol–water partition coefficient (Wildman–Crippen LogP) is 3.41. The van der Waals surface area contributed by atoms with Gasteiger partial charge >= 0.3 is 0 Å². The van der Waals surface area contributed by atoms with E-state index in [1.165, 1.54) is 18.4 Å². The highest BCUT2D eigenvalue weighted by atomic mass is 16.5. The lowest BCUT2D eigenvalue weighted by atomic mass is 9.80. The Morgan fingerprint density at radius 2 is 1.88 bits per heavy atom. The lowest BCUT2D eigenvalue weighted by molar-refractivity contribution is -0.0597. The van der Waals surface area contributed by atoms with Crippen molar-refractivity contribution < 1.29 is 9.84 Å². The highest BCUT2D eigenvalue weighted by Crippen LogP contribution is 2.46. The zero-order chi connectivity index (χ0) is 17.4. The van der Waals surface area contributed by atoms with E-state index in [9.17, 15) is 5.11 Å². The Bertz CT molecular complexity index is 733. The Balaban J connectivity index is 1.55. The van der Waals surface area contributed by atoms with Gasteiger partial charge in [0.2, 0.25) is 5.88 Å². The third-order valence-electron chi connectivity index (χ3n) is 5.89. The molecule has 132 valence electrons. The zero-order valence-corrected chi connectivity index (χ0v) is 15.0. The van der Waals surface area contributed by atoms with Crippen molar-refractivity contribution in [3.63, 3.8) is 0 Å². The molecule has 2 aromatic rings. The van der Waals surface area contributed by atoms with Crippen LogP contribution in [-0.2, 0) is 12.1 Å². The minimum absolute atomic E-state index is 0.436. The third-order valence-corrected chi connectivity index (χ3v) is 5.89. The molecule has 4 nitrogen and oxygen atoms in total. The molecule has 2 bridgehead atoms. The normalized spacial score (nSPS) is 28.9. The largest absolute Gasteiger partial charge is 0.481 e. The summed E-state index contributed by atoms with van der Waals surface area (Å²) in [5.41, 5.74) is 2.49. The van der Waals surface area contributed by atoms with E-state index in [1.54, 1.807) is 13.3 Å². The number of aryl methyl sites for hydroxylation is 1. The van der Waals surface area contributed by atoms with Gasteiger partial charge in [0.1, 0.15) is 0 Å². The molecule has 0 aliphatic carbocycles. The van der Waals surface area contributed by atoms with Crippen molar-refractivity contribution in [3.8, 4) is 5.88 Å². The standard InChI is InChI=1S/C21H26N2O2/c1-15-10-17(13-22-20(15)25-2)21(24)11-18-8-9-19(12-21)23(18)14-16-6-4-3-5-7-16/h3-7,10,13,18-19,24H,8-9,11-12,14H2,1-2H3. The van der Waals surface area contributed by atoms with Crippen molar-refractivity contribution in [2.45, 2.75) is 56.8 Å². The maximum Gasteiger partial charge on any atom is 0.215 e. The van der Waals surface area contributed by atoms with Crippen molar-refractivity contribution >= 4 is 0 Å². The van der Waals surface area contributed by atoms with Gasteiger partial charge in [0, 0.05) is 36.0 Å². The highest BCUT2D eigenvalue weighted by Gasteiger charge is 2.48. The van der Waals surface area contributed by atoms with Gasteiger partial charge in [0.05, 0.1) is 12.7 Å². The van der Waals surface area contributed by atoms with Crippen LogP contribution in [0.1, 0.15) is 42.4 Å². The predicted molar refractivity (Wildman–Crippen MR) is 97.5 cm³/mol. The number of benzene rings is 1. The summed E-state index contributed by atoms with van der Waals surface area (Å²) in [7, 11) is 1.63. The molecule has 1 aromatic carbocycles. The van der Waals surface area contributed by atoms with Gasteiger partial charge < -0.3 is 9.84 Å². The molecule has 0 saturated carbocycles. The SMILES string of the molecule is COc1ncc(C2(O)CC3CCC(C2)N3Cc2ccccc2)cc1C. The van der Waals surface area contributed by atoms with Gasteiger partial charge in [-0.1, -0.05) is 30.3 Å². The number of hydrogen-bond acceptors (Lipinski definition) is 4. The fourth-order valence-corrected chi connectivity index (χ4v) is 4.63. The molecule has 1 N–H and O–H groups in total. The molecule has 25 heavy (non-hydrogen) atoms. The van der Waals surface area contributed by atoms with E-state index in [2.05, 4.69) is 40.2 Å². The fraction of sp³-hybridized carbons (Fsp3) is 0.476. The second-order valence-corrected chi connectivity index (χ2v) is 7.53. The van der Waals surface area contributed by atoms with Crippen molar-refractivity contribution in [2.75, 3.05) is 7.11 Å². The van der Waals surface area contributed by atoms with E-state index in [1.807, 2.05) is 13.0 Å². The van der Waals surface area contributed by atoms with Crippen LogP contribution in [0.2, 0.25) is 0 Å². The van der Waals surface area contributed by atoms with Gasteiger partial charge in [-0.05, 0) is 44.2 Å². The molecule has 2 atom stereocenters. The van der Waals surface area contributed by atoms with Crippen molar-refractivity contribution in [3.05, 3.63) is 59.3 Å². The summed E-state index contributed by atoms with van der Waals surface area (Å²) in [6.45, 7) is 2.96. The Morgan fingerprint density at radius 1 is 1.20 bits per heavy atom. The van der Waals surface area contributed by atoms with Crippen LogP contribution in [0.15, 0.2) is 42.6 Å². The van der Waals surface area contributed by atoms with Crippen LogP contribution in [0, 0.1) is 6.92 Å². The summed E-state index contributed by atoms with van der Waals surface area (Å²) < 4.78 is 5.26. The minimum Gasteiger partial charge on any atom is -0.481 e. The van der Waals surface area contributed by atoms with E-state index >= 15 is 0 Å². The van der Waals surface area contributed by atoms with E-state index in [0.717, 1.165) is 30.5 Å². The van der Waals surface area contributed by atoms with E-state index in [-0.39, 0.29) is 0 Å². The zero-order valence-electron chi connectivity index (χ0n) is 15.0. The van der Waals surface area contributed by atoms with Crippen LogP contribution in [0.25, 0.3) is 0 Å². The molecule has 0 spiro atoms. The van der Waals surface area contributed by atoms with Gasteiger partial charge in [-0.15, -0.1) is 0 Å². The Labute approximate surface area is 149 Å². The number of fused-ring (bicyclic) bond motifs is 2. The molecular formula is C21H26N2O2. The number of rotatable bonds is 4. The lowest BCUT2D eigenvalue weighted by Crippen LogP contribution is -2.49. The average Bonchev–Trinajstić information content (AvgIpc) is 2.86. The topological polar surface area (TPSA) is 45.6 Å². The first-order valence-corrected chi connectivity index (χ1v) is 9.12. The molecule has 4 rings (SSSR count). The van der Waals surface area contributed by atoms with Crippen LogP contribution in [-0.4, -0.2) is 34.2 Å². The highest BCUT2D eigenvalue weighted by molar-refractivity contribution is 5.33. The minimum atomic E-state index is -0.775. The first-order chi connectivity index (χ1) is 12.1. The van der Waals surface area contributed by atoms with Crippen LogP contribution < -0.4 is 4.74 Å². The van der Waals surface area contributed by atoms with Gasteiger partial charge in [-0.3, -0.25) is 4.90 Å². The molecule has 3 heterocycles. The summed E-state index contributed by atoms with van der Waals surface area (Å²) >= 11 is 0. The first-order valence-electron chi connectivity index (χ1n) is 9.12. The van der Waals surface area contributed by atoms with Crippen molar-refractivity contribution in [1.82, 2.24) is 9.88 Å². The molecule has 2 saturated heterocycles. The molecule has 2 aliphatic heterocycles. The van der Waals surface area contributed by atoms with Crippen molar-refractivity contribution in [2.24, 2.45) is 0 Å². The lowest BCUT2D eigenvalue weighted by Gasteiger charge is -2.44. The van der Waals surface area contributed by atoms with Gasteiger partial charge in [0.25, 0.3) is 0 Å². The number of ether oxygens (including phenoxy) is 1. The Kier molecular flexibility index (Phi) is 4.26. The Morgan fingerprint density at radius 3 is 2.48 bits per heavy atom. The van der Waals surface area contributed by atoms with Gasteiger partial charge in [-0.2, -0.15) is 0 Å². The molecule has 0 radical (unpaired) electrons. The summed E-state index contributed by atoms with van der Waals surface area (Å²) in [4.78, 5) is 6.97. The quantitative estimate of drug-likeness (QED) is 0.928. The van der Waals surface area contributed by atoms with E-state index < -0.39 is 5.60 Å². The van der Waals surface area contributed by atoms with Crippen LogP contribution in [0.5, 0.6) is 5.88 Å². The fourth-order valence-electron chi connectivity index (χ4n) is 4.63. The maximum atomic E-state index is 11.4. The molecule has 2 unspecified atom stereocenters. The molecule has 4 heteroatoms. The second kappa shape index (κ2) is 6.43. The second-order valence-electron chi connectivity index (χ2n) is 7.53.